The first-order chi connectivity index (χ1) is 12.5. The zero-order valence-corrected chi connectivity index (χ0v) is 15.4. The molecular weight excluding hydrogens is 340 g/mol. The number of hydrogen-bond acceptors (Lipinski definition) is 5. The second-order valence-electron chi connectivity index (χ2n) is 6.12. The molecule has 1 aromatic carbocycles. The molecule has 0 bridgehead atoms. The van der Waals surface area contributed by atoms with Crippen LogP contribution in [0.15, 0.2) is 12.1 Å². The predicted molar refractivity (Wildman–Crippen MR) is 95.1 cm³/mol. The predicted octanol–water partition coefficient (Wildman–Crippen LogP) is 1.76. The summed E-state index contributed by atoms with van der Waals surface area (Å²) in [5.41, 5.74) is 0.832. The molecule has 26 heavy (non-hydrogen) atoms. The second kappa shape index (κ2) is 9.17. The quantitative estimate of drug-likeness (QED) is 0.763. The molecule has 144 valence electrons. The van der Waals surface area contributed by atoms with Gasteiger partial charge in [-0.05, 0) is 19.3 Å². The third-order valence-electron chi connectivity index (χ3n) is 4.53. The minimum atomic E-state index is -0.852. The SMILES string of the molecule is COc1cc(OC)c(CCNC(=O)N2CCCC(C(=O)O)C2)c(OC)c1. The van der Waals surface area contributed by atoms with E-state index in [9.17, 15) is 9.59 Å². The van der Waals surface area contributed by atoms with Gasteiger partial charge >= 0.3 is 12.0 Å². The Hall–Kier alpha value is -2.64. The van der Waals surface area contributed by atoms with Gasteiger partial charge < -0.3 is 29.5 Å². The van der Waals surface area contributed by atoms with Crippen molar-refractivity contribution in [2.75, 3.05) is 41.0 Å². The maximum absolute atomic E-state index is 12.3. The van der Waals surface area contributed by atoms with E-state index in [-0.39, 0.29) is 12.6 Å². The summed E-state index contributed by atoms with van der Waals surface area (Å²) in [4.78, 5) is 25.0. The number of aliphatic carboxylic acids is 1. The lowest BCUT2D eigenvalue weighted by molar-refractivity contribution is -0.143. The Bertz CT molecular complexity index is 624. The molecule has 8 heteroatoms. The zero-order chi connectivity index (χ0) is 19.1. The van der Waals surface area contributed by atoms with Crippen LogP contribution >= 0.6 is 0 Å². The minimum absolute atomic E-state index is 0.246. The normalized spacial score (nSPS) is 16.7. The Balaban J connectivity index is 1.96. The number of ether oxygens (including phenoxy) is 3. The van der Waals surface area contributed by atoms with E-state index in [1.54, 1.807) is 38.4 Å². The minimum Gasteiger partial charge on any atom is -0.496 e. The molecule has 0 spiro atoms. The Kier molecular flexibility index (Phi) is 6.94. The van der Waals surface area contributed by atoms with Crippen LogP contribution in [-0.4, -0.2) is 63.0 Å². The van der Waals surface area contributed by atoms with Crippen molar-refractivity contribution in [1.82, 2.24) is 10.2 Å². The number of methoxy groups -OCH3 is 3. The molecule has 8 nitrogen and oxygen atoms in total. The molecule has 1 unspecified atom stereocenters. The van der Waals surface area contributed by atoms with E-state index in [2.05, 4.69) is 5.32 Å². The van der Waals surface area contributed by atoms with Crippen molar-refractivity contribution in [2.45, 2.75) is 19.3 Å². The lowest BCUT2D eigenvalue weighted by Gasteiger charge is -2.30. The number of carbonyl (C=O) groups excluding carboxylic acids is 1. The van der Waals surface area contributed by atoms with E-state index < -0.39 is 11.9 Å². The van der Waals surface area contributed by atoms with Crippen LogP contribution in [0.4, 0.5) is 4.79 Å². The van der Waals surface area contributed by atoms with Crippen molar-refractivity contribution in [3.05, 3.63) is 17.7 Å². The van der Waals surface area contributed by atoms with Crippen molar-refractivity contribution in [3.8, 4) is 17.2 Å². The molecule has 2 amide bonds. The summed E-state index contributed by atoms with van der Waals surface area (Å²) in [6.07, 6.45) is 1.82. The first-order valence-corrected chi connectivity index (χ1v) is 8.54. The van der Waals surface area contributed by atoms with Gasteiger partial charge in [-0.25, -0.2) is 4.79 Å². The molecule has 2 N–H and O–H groups in total. The number of hydrogen-bond donors (Lipinski definition) is 2. The van der Waals surface area contributed by atoms with Gasteiger partial charge in [0.15, 0.2) is 0 Å². The highest BCUT2D eigenvalue weighted by atomic mass is 16.5. The maximum Gasteiger partial charge on any atom is 0.317 e. The highest BCUT2D eigenvalue weighted by Crippen LogP contribution is 2.34. The highest BCUT2D eigenvalue weighted by molar-refractivity contribution is 5.76. The average Bonchev–Trinajstić information content (AvgIpc) is 2.67. The van der Waals surface area contributed by atoms with Crippen LogP contribution < -0.4 is 19.5 Å². The molecule has 0 radical (unpaired) electrons. The maximum atomic E-state index is 12.3. The lowest BCUT2D eigenvalue weighted by atomic mass is 9.99. The second-order valence-corrected chi connectivity index (χ2v) is 6.12. The summed E-state index contributed by atoms with van der Waals surface area (Å²) >= 11 is 0. The van der Waals surface area contributed by atoms with E-state index in [0.717, 1.165) is 5.56 Å². The van der Waals surface area contributed by atoms with Gasteiger partial charge in [-0.3, -0.25) is 4.79 Å². The van der Waals surface area contributed by atoms with Gasteiger partial charge in [-0.1, -0.05) is 0 Å². The standard InChI is InChI=1S/C18H26N2O6/c1-24-13-9-15(25-2)14(16(10-13)26-3)6-7-19-18(23)20-8-4-5-12(11-20)17(21)22/h9-10,12H,4-8,11H2,1-3H3,(H,19,23)(H,21,22). The van der Waals surface area contributed by atoms with Gasteiger partial charge in [0.1, 0.15) is 17.2 Å². The Morgan fingerprint density at radius 2 is 1.85 bits per heavy atom. The summed E-state index contributed by atoms with van der Waals surface area (Å²) in [6, 6.07) is 3.28. The topological polar surface area (TPSA) is 97.3 Å². The average molecular weight is 366 g/mol. The monoisotopic (exact) mass is 366 g/mol. The first kappa shape index (κ1) is 19.7. The van der Waals surface area contributed by atoms with Crippen LogP contribution in [0, 0.1) is 5.92 Å². The van der Waals surface area contributed by atoms with Crippen LogP contribution in [-0.2, 0) is 11.2 Å². The molecular formula is C18H26N2O6. The molecule has 1 aliphatic rings. The first-order valence-electron chi connectivity index (χ1n) is 8.54. The largest absolute Gasteiger partial charge is 0.496 e. The van der Waals surface area contributed by atoms with Crippen molar-refractivity contribution in [2.24, 2.45) is 5.92 Å². The molecule has 1 aromatic rings. The molecule has 0 aliphatic carbocycles. The number of carboxylic acid groups (broad SMARTS) is 1. The number of urea groups is 1. The van der Waals surface area contributed by atoms with Crippen molar-refractivity contribution in [1.29, 1.82) is 0 Å². The van der Waals surface area contributed by atoms with Crippen molar-refractivity contribution < 1.29 is 28.9 Å². The number of amides is 2. The van der Waals surface area contributed by atoms with Gasteiger partial charge in [0.05, 0.1) is 27.2 Å². The van der Waals surface area contributed by atoms with Crippen LogP contribution in [0.3, 0.4) is 0 Å². The van der Waals surface area contributed by atoms with Crippen LogP contribution in [0.2, 0.25) is 0 Å². The molecule has 1 saturated heterocycles. The van der Waals surface area contributed by atoms with Gasteiger partial charge in [-0.2, -0.15) is 0 Å². The highest BCUT2D eigenvalue weighted by Gasteiger charge is 2.28. The zero-order valence-electron chi connectivity index (χ0n) is 15.4. The fourth-order valence-corrected chi connectivity index (χ4v) is 3.09. The summed E-state index contributed by atoms with van der Waals surface area (Å²) < 4.78 is 16.0. The van der Waals surface area contributed by atoms with Crippen LogP contribution in [0.1, 0.15) is 18.4 Å². The molecule has 0 saturated carbocycles. The summed E-state index contributed by atoms with van der Waals surface area (Å²) in [5, 5.41) is 12.0. The van der Waals surface area contributed by atoms with Gasteiger partial charge in [0, 0.05) is 37.3 Å². The molecule has 1 atom stereocenters. The number of carbonyl (C=O) groups is 2. The Morgan fingerprint density at radius 3 is 2.38 bits per heavy atom. The van der Waals surface area contributed by atoms with Gasteiger partial charge in [0.25, 0.3) is 0 Å². The van der Waals surface area contributed by atoms with E-state index in [1.165, 1.54) is 0 Å². The molecule has 0 aromatic heterocycles. The number of carboxylic acids is 1. The Morgan fingerprint density at radius 1 is 1.19 bits per heavy atom. The molecule has 1 heterocycles. The third kappa shape index (κ3) is 4.71. The van der Waals surface area contributed by atoms with Gasteiger partial charge in [-0.15, -0.1) is 0 Å². The molecule has 1 fully saturated rings. The van der Waals surface area contributed by atoms with E-state index in [0.29, 0.717) is 49.6 Å². The number of nitrogens with zero attached hydrogens (tertiary/aromatic N) is 1. The van der Waals surface area contributed by atoms with Gasteiger partial charge in [0.2, 0.25) is 0 Å². The van der Waals surface area contributed by atoms with Crippen LogP contribution in [0.5, 0.6) is 17.2 Å². The van der Waals surface area contributed by atoms with E-state index in [4.69, 9.17) is 19.3 Å². The molecule has 1 aliphatic heterocycles. The number of piperidine rings is 1. The number of nitrogens with one attached hydrogen (secondary N) is 1. The van der Waals surface area contributed by atoms with Crippen LogP contribution in [0.25, 0.3) is 0 Å². The number of benzene rings is 1. The summed E-state index contributed by atoms with van der Waals surface area (Å²) in [7, 11) is 4.70. The lowest BCUT2D eigenvalue weighted by Crippen LogP contribution is -2.47. The number of rotatable bonds is 7. The summed E-state index contributed by atoms with van der Waals surface area (Å²) in [5.74, 6) is 0.532. The van der Waals surface area contributed by atoms with E-state index >= 15 is 0 Å². The van der Waals surface area contributed by atoms with E-state index in [1.807, 2.05) is 0 Å². The smallest absolute Gasteiger partial charge is 0.317 e. The fraction of sp³-hybridized carbons (Fsp3) is 0.556. The van der Waals surface area contributed by atoms with Crippen molar-refractivity contribution in [3.63, 3.8) is 0 Å². The van der Waals surface area contributed by atoms with Crippen molar-refractivity contribution >= 4 is 12.0 Å². The fourth-order valence-electron chi connectivity index (χ4n) is 3.09. The number of likely N-dealkylation sites (tertiary alicyclic amines) is 1. The summed E-state index contributed by atoms with van der Waals surface area (Å²) in [6.45, 7) is 1.20. The third-order valence-corrected chi connectivity index (χ3v) is 4.53. The Labute approximate surface area is 153 Å². The molecule has 2 rings (SSSR count).